The van der Waals surface area contributed by atoms with Gasteiger partial charge in [-0.2, -0.15) is 11.8 Å². The predicted molar refractivity (Wildman–Crippen MR) is 68.5 cm³/mol. The summed E-state index contributed by atoms with van der Waals surface area (Å²) in [7, 11) is 0. The van der Waals surface area contributed by atoms with Crippen LogP contribution < -0.4 is 0 Å². The maximum atomic E-state index is 10.8. The SMILES string of the molecule is CC1OCCC1SCc1cccc(C(=O)O)c1. The average Bonchev–Trinajstić information content (AvgIpc) is 2.72. The smallest absolute Gasteiger partial charge is 0.335 e. The van der Waals surface area contributed by atoms with E-state index in [1.807, 2.05) is 17.8 Å². The van der Waals surface area contributed by atoms with Crippen molar-refractivity contribution in [2.75, 3.05) is 6.61 Å². The van der Waals surface area contributed by atoms with Crippen LogP contribution in [0.25, 0.3) is 0 Å². The highest BCUT2D eigenvalue weighted by atomic mass is 32.2. The molecule has 0 bridgehead atoms. The molecule has 1 N–H and O–H groups in total. The minimum atomic E-state index is -0.866. The Labute approximate surface area is 105 Å². The van der Waals surface area contributed by atoms with Crippen molar-refractivity contribution in [2.24, 2.45) is 0 Å². The van der Waals surface area contributed by atoms with Gasteiger partial charge in [0.1, 0.15) is 0 Å². The van der Waals surface area contributed by atoms with Gasteiger partial charge in [-0.05, 0) is 31.0 Å². The van der Waals surface area contributed by atoms with Crippen molar-refractivity contribution in [2.45, 2.75) is 30.5 Å². The quantitative estimate of drug-likeness (QED) is 0.895. The second-order valence-corrected chi connectivity index (χ2v) is 5.45. The van der Waals surface area contributed by atoms with Gasteiger partial charge in [0, 0.05) is 17.6 Å². The number of hydrogen-bond donors (Lipinski definition) is 1. The summed E-state index contributed by atoms with van der Waals surface area (Å²) in [6, 6.07) is 7.14. The van der Waals surface area contributed by atoms with Crippen molar-refractivity contribution < 1.29 is 14.6 Å². The maximum absolute atomic E-state index is 10.8. The summed E-state index contributed by atoms with van der Waals surface area (Å²) in [6.07, 6.45) is 1.40. The molecule has 1 aliphatic rings. The minimum absolute atomic E-state index is 0.308. The first-order valence-corrected chi connectivity index (χ1v) is 6.77. The van der Waals surface area contributed by atoms with Gasteiger partial charge in [-0.15, -0.1) is 0 Å². The van der Waals surface area contributed by atoms with E-state index < -0.39 is 5.97 Å². The van der Waals surface area contributed by atoms with E-state index in [2.05, 4.69) is 6.92 Å². The van der Waals surface area contributed by atoms with E-state index in [4.69, 9.17) is 9.84 Å². The number of benzene rings is 1. The van der Waals surface area contributed by atoms with Crippen LogP contribution in [0.1, 0.15) is 29.3 Å². The first-order valence-electron chi connectivity index (χ1n) is 5.72. The summed E-state index contributed by atoms with van der Waals surface area (Å²) in [5, 5.41) is 9.44. The molecule has 2 rings (SSSR count). The topological polar surface area (TPSA) is 46.5 Å². The molecule has 0 aromatic heterocycles. The summed E-state index contributed by atoms with van der Waals surface area (Å²) in [5.74, 6) is -0.0196. The molecule has 1 aromatic carbocycles. The third-order valence-corrected chi connectivity index (χ3v) is 4.49. The number of ether oxygens (including phenoxy) is 1. The van der Waals surface area contributed by atoms with Gasteiger partial charge in [0.2, 0.25) is 0 Å². The van der Waals surface area contributed by atoms with Crippen LogP contribution in [0.4, 0.5) is 0 Å². The van der Waals surface area contributed by atoms with E-state index in [0.717, 1.165) is 24.3 Å². The molecule has 0 amide bonds. The Morgan fingerprint density at radius 1 is 1.59 bits per heavy atom. The summed E-state index contributed by atoms with van der Waals surface area (Å²) in [6.45, 7) is 2.94. The highest BCUT2D eigenvalue weighted by molar-refractivity contribution is 7.99. The number of carboxylic acid groups (broad SMARTS) is 1. The number of rotatable bonds is 4. The number of carboxylic acids is 1. The first kappa shape index (κ1) is 12.5. The third kappa shape index (κ3) is 3.23. The lowest BCUT2D eigenvalue weighted by Gasteiger charge is -2.13. The average molecular weight is 252 g/mol. The number of hydrogen-bond acceptors (Lipinski definition) is 3. The molecule has 92 valence electrons. The standard InChI is InChI=1S/C13H16O3S/c1-9-12(5-6-16-9)17-8-10-3-2-4-11(7-10)13(14)15/h2-4,7,9,12H,5-6,8H2,1H3,(H,14,15). The first-order chi connectivity index (χ1) is 8.16. The zero-order valence-electron chi connectivity index (χ0n) is 9.76. The molecule has 1 aliphatic heterocycles. The summed E-state index contributed by atoms with van der Waals surface area (Å²) in [4.78, 5) is 10.8. The van der Waals surface area contributed by atoms with Crippen molar-refractivity contribution >= 4 is 17.7 Å². The van der Waals surface area contributed by atoms with Crippen molar-refractivity contribution in [1.29, 1.82) is 0 Å². The summed E-state index contributed by atoms with van der Waals surface area (Å²) in [5.41, 5.74) is 1.42. The predicted octanol–water partition coefficient (Wildman–Crippen LogP) is 2.80. The van der Waals surface area contributed by atoms with Crippen molar-refractivity contribution in [1.82, 2.24) is 0 Å². The van der Waals surface area contributed by atoms with Gasteiger partial charge in [0.15, 0.2) is 0 Å². The fourth-order valence-electron chi connectivity index (χ4n) is 1.93. The second-order valence-electron chi connectivity index (χ2n) is 4.22. The Morgan fingerprint density at radius 3 is 3.06 bits per heavy atom. The normalized spacial score (nSPS) is 23.8. The van der Waals surface area contributed by atoms with Crippen LogP contribution >= 0.6 is 11.8 Å². The van der Waals surface area contributed by atoms with Crippen molar-refractivity contribution in [3.05, 3.63) is 35.4 Å². The highest BCUT2D eigenvalue weighted by Gasteiger charge is 2.24. The molecule has 0 saturated carbocycles. The Balaban J connectivity index is 1.94. The van der Waals surface area contributed by atoms with E-state index in [9.17, 15) is 4.79 Å². The summed E-state index contributed by atoms with van der Waals surface area (Å²) < 4.78 is 5.50. The van der Waals surface area contributed by atoms with Gasteiger partial charge in [0.05, 0.1) is 11.7 Å². The van der Waals surface area contributed by atoms with Crippen LogP contribution in [0.2, 0.25) is 0 Å². The van der Waals surface area contributed by atoms with Gasteiger partial charge in [-0.25, -0.2) is 4.79 Å². The van der Waals surface area contributed by atoms with Gasteiger partial charge < -0.3 is 9.84 Å². The number of thioether (sulfide) groups is 1. The third-order valence-electron chi connectivity index (χ3n) is 2.94. The van der Waals surface area contributed by atoms with Crippen LogP contribution in [-0.2, 0) is 10.5 Å². The largest absolute Gasteiger partial charge is 0.478 e. The van der Waals surface area contributed by atoms with Crippen molar-refractivity contribution in [3.63, 3.8) is 0 Å². The maximum Gasteiger partial charge on any atom is 0.335 e. The van der Waals surface area contributed by atoms with Crippen molar-refractivity contribution in [3.8, 4) is 0 Å². The van der Waals surface area contributed by atoms with Crippen LogP contribution in [0.3, 0.4) is 0 Å². The molecule has 17 heavy (non-hydrogen) atoms. The van der Waals surface area contributed by atoms with Gasteiger partial charge >= 0.3 is 5.97 Å². The summed E-state index contributed by atoms with van der Waals surface area (Å²) >= 11 is 1.85. The number of carbonyl (C=O) groups is 1. The van der Waals surface area contributed by atoms with E-state index in [-0.39, 0.29) is 0 Å². The monoisotopic (exact) mass is 252 g/mol. The van der Waals surface area contributed by atoms with Crippen LogP contribution in [0.15, 0.2) is 24.3 Å². The molecule has 1 fully saturated rings. The van der Waals surface area contributed by atoms with E-state index >= 15 is 0 Å². The Morgan fingerprint density at radius 2 is 2.41 bits per heavy atom. The molecule has 1 aromatic rings. The molecule has 2 unspecified atom stereocenters. The zero-order chi connectivity index (χ0) is 12.3. The molecular formula is C13H16O3S. The van der Waals surface area contributed by atoms with E-state index in [1.165, 1.54) is 0 Å². The fraction of sp³-hybridized carbons (Fsp3) is 0.462. The molecule has 3 nitrogen and oxygen atoms in total. The van der Waals surface area contributed by atoms with E-state index in [0.29, 0.717) is 16.9 Å². The second kappa shape index (κ2) is 5.56. The van der Waals surface area contributed by atoms with Gasteiger partial charge in [-0.3, -0.25) is 0 Å². The van der Waals surface area contributed by atoms with Gasteiger partial charge in [0.25, 0.3) is 0 Å². The highest BCUT2D eigenvalue weighted by Crippen LogP contribution is 2.29. The molecule has 0 spiro atoms. The Kier molecular flexibility index (Phi) is 4.07. The van der Waals surface area contributed by atoms with E-state index in [1.54, 1.807) is 18.2 Å². The lowest BCUT2D eigenvalue weighted by atomic mass is 10.1. The minimum Gasteiger partial charge on any atom is -0.478 e. The van der Waals surface area contributed by atoms with Gasteiger partial charge in [-0.1, -0.05) is 12.1 Å². The van der Waals surface area contributed by atoms with Crippen LogP contribution in [-0.4, -0.2) is 29.0 Å². The Bertz CT molecular complexity index is 405. The van der Waals surface area contributed by atoms with Crippen LogP contribution in [0, 0.1) is 0 Å². The zero-order valence-corrected chi connectivity index (χ0v) is 10.6. The fourth-order valence-corrected chi connectivity index (χ4v) is 3.13. The van der Waals surface area contributed by atoms with Crippen LogP contribution in [0.5, 0.6) is 0 Å². The Hall–Kier alpha value is -1.00. The molecule has 0 aliphatic carbocycles. The molecule has 1 heterocycles. The molecule has 1 saturated heterocycles. The molecular weight excluding hydrogens is 236 g/mol. The molecule has 2 atom stereocenters. The molecule has 4 heteroatoms. The lowest BCUT2D eigenvalue weighted by Crippen LogP contribution is -2.13. The lowest BCUT2D eigenvalue weighted by molar-refractivity contribution is 0.0696. The molecule has 0 radical (unpaired) electrons. The number of aromatic carboxylic acids is 1.